The standard InChI is InChI=1S/C20H18F2N2O3/c21-20(22)27-16-9-3-1-7-14(16)19(25)24-11-5-6-13(12-24)18-23-15-8-2-4-10-17(15)26-18/h1-4,7-10,13,20H,5-6,11-12H2/t13-/m0/s1. The highest BCUT2D eigenvalue weighted by Gasteiger charge is 2.30. The molecule has 5 nitrogen and oxygen atoms in total. The van der Waals surface area contributed by atoms with E-state index in [1.54, 1.807) is 17.0 Å². The summed E-state index contributed by atoms with van der Waals surface area (Å²) in [5.74, 6) is 0.137. The molecule has 1 aliphatic rings. The number of rotatable bonds is 4. The van der Waals surface area contributed by atoms with Crippen LogP contribution in [0.1, 0.15) is 35.0 Å². The summed E-state index contributed by atoms with van der Waals surface area (Å²) >= 11 is 0. The highest BCUT2D eigenvalue weighted by Crippen LogP contribution is 2.31. The van der Waals surface area contributed by atoms with Crippen molar-refractivity contribution in [2.24, 2.45) is 0 Å². The van der Waals surface area contributed by atoms with Gasteiger partial charge >= 0.3 is 6.61 Å². The number of carbonyl (C=O) groups is 1. The van der Waals surface area contributed by atoms with Crippen molar-refractivity contribution in [1.29, 1.82) is 0 Å². The molecular formula is C20H18F2N2O3. The number of piperidine rings is 1. The lowest BCUT2D eigenvalue weighted by Gasteiger charge is -2.31. The van der Waals surface area contributed by atoms with Gasteiger partial charge in [-0.2, -0.15) is 8.78 Å². The molecule has 1 atom stereocenters. The number of nitrogens with zero attached hydrogens (tertiary/aromatic N) is 2. The van der Waals surface area contributed by atoms with Gasteiger partial charge in [0.1, 0.15) is 11.3 Å². The first kappa shape index (κ1) is 17.5. The predicted molar refractivity (Wildman–Crippen MR) is 95.0 cm³/mol. The lowest BCUT2D eigenvalue weighted by Crippen LogP contribution is -2.39. The van der Waals surface area contributed by atoms with Crippen LogP contribution < -0.4 is 4.74 Å². The number of likely N-dealkylation sites (tertiary alicyclic amines) is 1. The number of carbonyl (C=O) groups excluding carboxylic acids is 1. The highest BCUT2D eigenvalue weighted by molar-refractivity contribution is 5.97. The number of benzene rings is 2. The Labute approximate surface area is 154 Å². The highest BCUT2D eigenvalue weighted by atomic mass is 19.3. The van der Waals surface area contributed by atoms with Crippen LogP contribution in [0.4, 0.5) is 8.78 Å². The average molecular weight is 372 g/mol. The van der Waals surface area contributed by atoms with Gasteiger partial charge in [0.25, 0.3) is 5.91 Å². The third-order valence-electron chi connectivity index (χ3n) is 4.70. The molecule has 1 amide bonds. The number of hydrogen-bond acceptors (Lipinski definition) is 4. The van der Waals surface area contributed by atoms with E-state index in [4.69, 9.17) is 4.42 Å². The topological polar surface area (TPSA) is 55.6 Å². The molecular weight excluding hydrogens is 354 g/mol. The summed E-state index contributed by atoms with van der Waals surface area (Å²) < 4.78 is 35.6. The largest absolute Gasteiger partial charge is 0.440 e. The molecule has 0 saturated carbocycles. The molecule has 1 saturated heterocycles. The van der Waals surface area contributed by atoms with Crippen LogP contribution in [0.5, 0.6) is 5.75 Å². The Morgan fingerprint density at radius 3 is 2.78 bits per heavy atom. The minimum absolute atomic E-state index is 0.0294. The van der Waals surface area contributed by atoms with E-state index in [1.807, 2.05) is 24.3 Å². The number of aromatic nitrogens is 1. The number of fused-ring (bicyclic) bond motifs is 1. The molecule has 27 heavy (non-hydrogen) atoms. The van der Waals surface area contributed by atoms with Crippen LogP contribution in [0.2, 0.25) is 0 Å². The normalized spacial score (nSPS) is 17.4. The maximum atomic E-state index is 12.9. The molecule has 0 unspecified atom stereocenters. The SMILES string of the molecule is O=C(c1ccccc1OC(F)F)N1CCC[C@H](c2nc3ccccc3o2)C1. The molecule has 140 valence electrons. The van der Waals surface area contributed by atoms with Crippen LogP contribution in [0.15, 0.2) is 52.9 Å². The molecule has 1 fully saturated rings. The number of amides is 1. The maximum absolute atomic E-state index is 12.9. The number of para-hydroxylation sites is 3. The quantitative estimate of drug-likeness (QED) is 0.679. The Morgan fingerprint density at radius 2 is 1.96 bits per heavy atom. The number of halogens is 2. The zero-order valence-corrected chi connectivity index (χ0v) is 14.5. The van der Waals surface area contributed by atoms with E-state index in [1.165, 1.54) is 12.1 Å². The van der Waals surface area contributed by atoms with Crippen molar-refractivity contribution in [2.75, 3.05) is 13.1 Å². The van der Waals surface area contributed by atoms with Crippen LogP contribution in [0.25, 0.3) is 11.1 Å². The van der Waals surface area contributed by atoms with E-state index in [0.29, 0.717) is 24.6 Å². The molecule has 0 aliphatic carbocycles. The summed E-state index contributed by atoms with van der Waals surface area (Å²) in [5.41, 5.74) is 1.63. The van der Waals surface area contributed by atoms with Crippen LogP contribution in [-0.4, -0.2) is 35.5 Å². The Kier molecular flexibility index (Phi) is 4.75. The first-order valence-corrected chi connectivity index (χ1v) is 8.80. The first-order chi connectivity index (χ1) is 13.1. The van der Waals surface area contributed by atoms with Gasteiger partial charge in [0.2, 0.25) is 0 Å². The third kappa shape index (κ3) is 3.63. The summed E-state index contributed by atoms with van der Waals surface area (Å²) in [6.07, 6.45) is 1.64. The molecule has 4 rings (SSSR count). The van der Waals surface area contributed by atoms with Crippen LogP contribution >= 0.6 is 0 Å². The molecule has 1 aromatic heterocycles. The van der Waals surface area contributed by atoms with Gasteiger partial charge in [0, 0.05) is 13.1 Å². The van der Waals surface area contributed by atoms with Crippen molar-refractivity contribution < 1.29 is 22.7 Å². The van der Waals surface area contributed by atoms with Crippen LogP contribution in [0.3, 0.4) is 0 Å². The fourth-order valence-electron chi connectivity index (χ4n) is 3.44. The number of oxazole rings is 1. The van der Waals surface area contributed by atoms with E-state index in [-0.39, 0.29) is 23.1 Å². The van der Waals surface area contributed by atoms with Crippen molar-refractivity contribution in [3.05, 3.63) is 60.0 Å². The number of hydrogen-bond donors (Lipinski definition) is 0. The van der Waals surface area contributed by atoms with Gasteiger partial charge in [0.05, 0.1) is 11.5 Å². The lowest BCUT2D eigenvalue weighted by molar-refractivity contribution is -0.0503. The van der Waals surface area contributed by atoms with Gasteiger partial charge in [-0.1, -0.05) is 24.3 Å². The van der Waals surface area contributed by atoms with E-state index >= 15 is 0 Å². The van der Waals surface area contributed by atoms with Gasteiger partial charge in [0.15, 0.2) is 11.5 Å². The number of alkyl halides is 2. The zero-order valence-electron chi connectivity index (χ0n) is 14.5. The van der Waals surface area contributed by atoms with Gasteiger partial charge in [-0.15, -0.1) is 0 Å². The smallest absolute Gasteiger partial charge is 0.387 e. The molecule has 3 aromatic rings. The summed E-state index contributed by atoms with van der Waals surface area (Å²) in [5, 5.41) is 0. The monoisotopic (exact) mass is 372 g/mol. The minimum atomic E-state index is -2.98. The molecule has 2 heterocycles. The number of ether oxygens (including phenoxy) is 1. The van der Waals surface area contributed by atoms with E-state index < -0.39 is 6.61 Å². The molecule has 0 bridgehead atoms. The van der Waals surface area contributed by atoms with Gasteiger partial charge in [-0.25, -0.2) is 4.98 Å². The minimum Gasteiger partial charge on any atom is -0.440 e. The van der Waals surface area contributed by atoms with E-state index in [2.05, 4.69) is 9.72 Å². The Bertz CT molecular complexity index is 924. The fourth-order valence-corrected chi connectivity index (χ4v) is 3.44. The molecule has 0 N–H and O–H groups in total. The lowest BCUT2D eigenvalue weighted by atomic mass is 9.97. The summed E-state index contributed by atoms with van der Waals surface area (Å²) in [6.45, 7) is -2.00. The second kappa shape index (κ2) is 7.34. The average Bonchev–Trinajstić information content (AvgIpc) is 3.12. The molecule has 1 aliphatic heterocycles. The second-order valence-corrected chi connectivity index (χ2v) is 6.48. The molecule has 7 heteroatoms. The molecule has 0 spiro atoms. The summed E-state index contributed by atoms with van der Waals surface area (Å²) in [4.78, 5) is 19.1. The van der Waals surface area contributed by atoms with Crippen molar-refractivity contribution in [3.63, 3.8) is 0 Å². The fraction of sp³-hybridized carbons (Fsp3) is 0.300. The Hall–Kier alpha value is -2.96. The Morgan fingerprint density at radius 1 is 1.19 bits per heavy atom. The van der Waals surface area contributed by atoms with E-state index in [0.717, 1.165) is 18.4 Å². The summed E-state index contributed by atoms with van der Waals surface area (Å²) in [7, 11) is 0. The van der Waals surface area contributed by atoms with Crippen molar-refractivity contribution in [3.8, 4) is 5.75 Å². The van der Waals surface area contributed by atoms with E-state index in [9.17, 15) is 13.6 Å². The predicted octanol–water partition coefficient (Wildman–Crippen LogP) is 4.45. The van der Waals surface area contributed by atoms with Crippen LogP contribution in [-0.2, 0) is 0 Å². The maximum Gasteiger partial charge on any atom is 0.387 e. The van der Waals surface area contributed by atoms with Crippen LogP contribution in [0, 0.1) is 0 Å². The molecule has 0 radical (unpaired) electrons. The van der Waals surface area contributed by atoms with Gasteiger partial charge < -0.3 is 14.1 Å². The van der Waals surface area contributed by atoms with Crippen molar-refractivity contribution >= 4 is 17.0 Å². The van der Waals surface area contributed by atoms with Crippen molar-refractivity contribution in [2.45, 2.75) is 25.4 Å². The molecule has 2 aromatic carbocycles. The summed E-state index contributed by atoms with van der Waals surface area (Å²) in [6, 6.07) is 13.6. The second-order valence-electron chi connectivity index (χ2n) is 6.48. The third-order valence-corrected chi connectivity index (χ3v) is 4.70. The first-order valence-electron chi connectivity index (χ1n) is 8.80. The Balaban J connectivity index is 1.55. The zero-order chi connectivity index (χ0) is 18.8. The van der Waals surface area contributed by atoms with Gasteiger partial charge in [-0.05, 0) is 37.1 Å². The van der Waals surface area contributed by atoms with Crippen molar-refractivity contribution in [1.82, 2.24) is 9.88 Å². The van der Waals surface area contributed by atoms with Gasteiger partial charge in [-0.3, -0.25) is 4.79 Å².